The van der Waals surface area contributed by atoms with Crippen molar-refractivity contribution in [1.29, 1.82) is 0 Å². The van der Waals surface area contributed by atoms with Gasteiger partial charge in [-0.3, -0.25) is 4.79 Å². The smallest absolute Gasteiger partial charge is 0.198 e. The third kappa shape index (κ3) is 3.47. The van der Waals surface area contributed by atoms with E-state index in [1.54, 1.807) is 12.1 Å². The highest BCUT2D eigenvalue weighted by molar-refractivity contribution is 5.92. The van der Waals surface area contributed by atoms with Crippen molar-refractivity contribution >= 4 is 41.7 Å². The predicted octanol–water partition coefficient (Wildman–Crippen LogP) is 1.25. The molecule has 2 aromatic rings. The Bertz CT molecular complexity index is 841. The Hall–Kier alpha value is -1.60. The topological polar surface area (TPSA) is 108 Å². The number of carboxylic acids is 1. The highest BCUT2D eigenvalue weighted by Gasteiger charge is 2.40. The highest BCUT2D eigenvalue weighted by Crippen LogP contribution is 2.42. The molecule has 0 spiro atoms. The molecule has 0 amide bonds. The number of carbonyl (C=O) groups excluding carboxylic acids is 1. The van der Waals surface area contributed by atoms with Gasteiger partial charge in [-0.1, -0.05) is 12.1 Å². The van der Waals surface area contributed by atoms with Gasteiger partial charge in [0.2, 0.25) is 0 Å². The van der Waals surface area contributed by atoms with Crippen molar-refractivity contribution in [3.05, 3.63) is 45.7 Å². The molecule has 144 valence electrons. The lowest BCUT2D eigenvalue weighted by Crippen LogP contribution is -2.41. The second-order valence-electron chi connectivity index (χ2n) is 6.79. The predicted molar refractivity (Wildman–Crippen MR) is 104 cm³/mol. The first-order valence-electron chi connectivity index (χ1n) is 8.14. The summed E-state index contributed by atoms with van der Waals surface area (Å²) >= 11 is 0. The Balaban J connectivity index is 0.00000113. The third-order valence-electron chi connectivity index (χ3n) is 5.65. The highest BCUT2D eigenvalue weighted by atomic mass is 35.5. The Morgan fingerprint density at radius 3 is 2.31 bits per heavy atom. The minimum Gasteiger partial charge on any atom is -0.545 e. The first-order valence-corrected chi connectivity index (χ1v) is 8.14. The van der Waals surface area contributed by atoms with E-state index in [-0.39, 0.29) is 41.8 Å². The van der Waals surface area contributed by atoms with Crippen molar-refractivity contribution in [1.82, 2.24) is 9.88 Å². The van der Waals surface area contributed by atoms with Crippen molar-refractivity contribution in [2.45, 2.75) is 43.7 Å². The van der Waals surface area contributed by atoms with Crippen LogP contribution < -0.4 is 10.5 Å². The van der Waals surface area contributed by atoms with Crippen LogP contribution >= 0.6 is 24.8 Å². The van der Waals surface area contributed by atoms with E-state index < -0.39 is 11.4 Å². The van der Waals surface area contributed by atoms with Crippen molar-refractivity contribution in [3.8, 4) is 0 Å². The van der Waals surface area contributed by atoms with Crippen LogP contribution in [0.3, 0.4) is 0 Å². The summed E-state index contributed by atoms with van der Waals surface area (Å²) in [7, 11) is 2.14. The maximum atomic E-state index is 12.6. The molecule has 3 heterocycles. The van der Waals surface area contributed by atoms with E-state index in [1.807, 2.05) is 12.1 Å². The van der Waals surface area contributed by atoms with Crippen LogP contribution in [0.4, 0.5) is 0 Å². The number of para-hydroxylation sites is 1. The second-order valence-corrected chi connectivity index (χ2v) is 6.79. The average Bonchev–Trinajstić information content (AvgIpc) is 2.75. The SMILES string of the molecule is CN1C2CCC1CC(c1[nH]c3ccccc3c(=O)c1C(=O)[O-])C2.Cl.Cl.O. The quantitative estimate of drug-likeness (QED) is 0.816. The molecule has 2 aliphatic heterocycles. The number of benzene rings is 1. The van der Waals surface area contributed by atoms with Gasteiger partial charge in [0.05, 0.1) is 11.5 Å². The molecule has 3 N–H and O–H groups in total. The fourth-order valence-electron chi connectivity index (χ4n) is 4.41. The second kappa shape index (κ2) is 8.39. The summed E-state index contributed by atoms with van der Waals surface area (Å²) in [6.07, 6.45) is 4.08. The molecule has 0 saturated carbocycles. The number of halogens is 2. The lowest BCUT2D eigenvalue weighted by molar-refractivity contribution is -0.255. The standard InChI is InChI=1S/C18H20N2O3.2ClH.H2O/c1-20-11-6-7-12(20)9-10(8-11)16-15(18(22)23)17(21)13-4-2-3-5-14(13)19-16;;;/h2-5,10-12H,6-9H2,1H3,(H,19,21)(H,22,23);2*1H;1H2/p-1. The van der Waals surface area contributed by atoms with Crippen molar-refractivity contribution in [2.24, 2.45) is 0 Å². The van der Waals surface area contributed by atoms with E-state index >= 15 is 0 Å². The van der Waals surface area contributed by atoms with Crippen LogP contribution in [-0.4, -0.2) is 40.5 Å². The number of piperidine rings is 1. The number of nitrogens with one attached hydrogen (secondary N) is 1. The number of aromatic carboxylic acids is 1. The van der Waals surface area contributed by atoms with Gasteiger partial charge in [0.15, 0.2) is 5.43 Å². The molecular weight excluding hydrogens is 379 g/mol. The van der Waals surface area contributed by atoms with Crippen LogP contribution in [0.2, 0.25) is 0 Å². The molecule has 8 heteroatoms. The summed E-state index contributed by atoms with van der Waals surface area (Å²) in [5.74, 6) is -1.30. The van der Waals surface area contributed by atoms with Gasteiger partial charge >= 0.3 is 0 Å². The zero-order chi connectivity index (χ0) is 16.1. The Morgan fingerprint density at radius 1 is 1.15 bits per heavy atom. The molecule has 0 aliphatic carbocycles. The first-order chi connectivity index (χ1) is 11.1. The van der Waals surface area contributed by atoms with Gasteiger partial charge in [-0.05, 0) is 44.9 Å². The average molecular weight is 402 g/mol. The molecule has 2 saturated heterocycles. The van der Waals surface area contributed by atoms with E-state index in [1.165, 1.54) is 0 Å². The van der Waals surface area contributed by atoms with Crippen LogP contribution in [-0.2, 0) is 0 Å². The number of nitrogens with zero attached hydrogens (tertiary/aromatic N) is 1. The van der Waals surface area contributed by atoms with Gasteiger partial charge < -0.3 is 25.3 Å². The Morgan fingerprint density at radius 2 is 1.73 bits per heavy atom. The summed E-state index contributed by atoms with van der Waals surface area (Å²) in [5.41, 5.74) is 0.640. The van der Waals surface area contributed by atoms with E-state index in [4.69, 9.17) is 0 Å². The van der Waals surface area contributed by atoms with E-state index in [0.29, 0.717) is 28.7 Å². The number of carboxylic acid groups (broad SMARTS) is 1. The first kappa shape index (κ1) is 22.4. The van der Waals surface area contributed by atoms with E-state index in [0.717, 1.165) is 25.7 Å². The van der Waals surface area contributed by atoms with Gasteiger partial charge in [0.1, 0.15) is 0 Å². The van der Waals surface area contributed by atoms with Crippen LogP contribution in [0.15, 0.2) is 29.1 Å². The normalized spacial score (nSPS) is 24.3. The fourth-order valence-corrected chi connectivity index (χ4v) is 4.41. The Labute approximate surface area is 163 Å². The molecule has 2 unspecified atom stereocenters. The van der Waals surface area contributed by atoms with Crippen molar-refractivity contribution in [3.63, 3.8) is 0 Å². The van der Waals surface area contributed by atoms with Crippen LogP contribution in [0.25, 0.3) is 10.9 Å². The van der Waals surface area contributed by atoms with Crippen LogP contribution in [0.5, 0.6) is 0 Å². The van der Waals surface area contributed by atoms with Gasteiger partial charge in [0.25, 0.3) is 0 Å². The number of aromatic amines is 1. The maximum absolute atomic E-state index is 12.6. The molecular formula is C18H23Cl2N2O4-. The molecule has 4 rings (SSSR count). The van der Waals surface area contributed by atoms with Gasteiger partial charge in [-0.2, -0.15) is 0 Å². The molecule has 2 bridgehead atoms. The molecule has 2 aliphatic rings. The zero-order valence-corrected chi connectivity index (χ0v) is 16.0. The summed E-state index contributed by atoms with van der Waals surface area (Å²) < 4.78 is 0. The van der Waals surface area contributed by atoms with E-state index in [9.17, 15) is 14.7 Å². The number of H-pyrrole nitrogens is 1. The molecule has 0 radical (unpaired) electrons. The monoisotopic (exact) mass is 401 g/mol. The number of hydrogen-bond acceptors (Lipinski definition) is 4. The lowest BCUT2D eigenvalue weighted by atomic mass is 9.85. The number of aromatic nitrogens is 1. The minimum absolute atomic E-state index is 0. The molecule has 1 aromatic carbocycles. The molecule has 26 heavy (non-hydrogen) atoms. The minimum atomic E-state index is -1.38. The van der Waals surface area contributed by atoms with Crippen LogP contribution in [0.1, 0.15) is 47.7 Å². The fraction of sp³-hybridized carbons (Fsp3) is 0.444. The summed E-state index contributed by atoms with van der Waals surface area (Å²) in [6, 6.07) is 8.02. The number of hydrogen-bond donors (Lipinski definition) is 1. The number of fused-ring (bicyclic) bond motifs is 3. The van der Waals surface area contributed by atoms with Gasteiger partial charge in [-0.15, -0.1) is 24.8 Å². The zero-order valence-electron chi connectivity index (χ0n) is 14.4. The van der Waals surface area contributed by atoms with Crippen molar-refractivity contribution < 1.29 is 15.4 Å². The summed E-state index contributed by atoms with van der Waals surface area (Å²) in [5, 5.41) is 12.0. The lowest BCUT2D eigenvalue weighted by Gasteiger charge is -2.37. The van der Waals surface area contributed by atoms with Crippen LogP contribution in [0, 0.1) is 0 Å². The molecule has 6 nitrogen and oxygen atoms in total. The van der Waals surface area contributed by atoms with E-state index in [2.05, 4.69) is 16.9 Å². The van der Waals surface area contributed by atoms with Crippen molar-refractivity contribution in [2.75, 3.05) is 7.05 Å². The molecule has 1 aromatic heterocycles. The van der Waals surface area contributed by atoms with Gasteiger partial charge in [-0.25, -0.2) is 0 Å². The number of carbonyl (C=O) groups is 1. The largest absolute Gasteiger partial charge is 0.545 e. The summed E-state index contributed by atoms with van der Waals surface area (Å²) in [6.45, 7) is 0. The molecule has 2 atom stereocenters. The molecule has 2 fully saturated rings. The number of pyridine rings is 1. The Kier molecular flexibility index (Phi) is 7.24. The maximum Gasteiger partial charge on any atom is 0.198 e. The van der Waals surface area contributed by atoms with Gasteiger partial charge in [0, 0.05) is 34.6 Å². The third-order valence-corrected chi connectivity index (χ3v) is 5.65. The number of rotatable bonds is 2. The summed E-state index contributed by atoms with van der Waals surface area (Å²) in [4.78, 5) is 29.9.